The zero-order valence-corrected chi connectivity index (χ0v) is 11.8. The van der Waals surface area contributed by atoms with Gasteiger partial charge in [-0.1, -0.05) is 26.0 Å². The molecule has 0 amide bonds. The lowest BCUT2D eigenvalue weighted by Gasteiger charge is -2.37. The molecule has 1 heterocycles. The van der Waals surface area contributed by atoms with E-state index in [1.165, 1.54) is 36.3 Å². The fraction of sp³-hybridized carbons (Fsp3) is 0.600. The van der Waals surface area contributed by atoms with Crippen LogP contribution >= 0.6 is 11.6 Å². The third-order valence-electron chi connectivity index (χ3n) is 3.63. The van der Waals surface area contributed by atoms with Crippen molar-refractivity contribution in [3.63, 3.8) is 0 Å². The molecule has 0 radical (unpaired) electrons. The largest absolute Gasteiger partial charge is 0.371 e. The molecule has 1 fully saturated rings. The van der Waals surface area contributed by atoms with E-state index in [0.29, 0.717) is 5.88 Å². The zero-order valence-electron chi connectivity index (χ0n) is 11.0. The Morgan fingerprint density at radius 2 is 1.88 bits per heavy atom. The number of hydrogen-bond donors (Lipinski definition) is 0. The molecule has 1 saturated heterocycles. The first-order valence-corrected chi connectivity index (χ1v) is 7.04. The third kappa shape index (κ3) is 2.95. The Labute approximate surface area is 110 Å². The van der Waals surface area contributed by atoms with Crippen LogP contribution in [0, 0.1) is 18.8 Å². The summed E-state index contributed by atoms with van der Waals surface area (Å²) in [4.78, 5) is 2.53. The van der Waals surface area contributed by atoms with E-state index in [9.17, 15) is 0 Å². The Morgan fingerprint density at radius 3 is 2.41 bits per heavy atom. The van der Waals surface area contributed by atoms with Crippen LogP contribution in [0.25, 0.3) is 0 Å². The van der Waals surface area contributed by atoms with Crippen LogP contribution in [-0.4, -0.2) is 13.1 Å². The number of benzene rings is 1. The molecule has 1 aliphatic rings. The summed E-state index contributed by atoms with van der Waals surface area (Å²) in [5.74, 6) is 2.20. The lowest BCUT2D eigenvalue weighted by atomic mass is 9.91. The van der Waals surface area contributed by atoms with Gasteiger partial charge in [-0.3, -0.25) is 0 Å². The van der Waals surface area contributed by atoms with Crippen molar-refractivity contribution >= 4 is 17.3 Å². The average molecular weight is 252 g/mol. The zero-order chi connectivity index (χ0) is 12.4. The molecular formula is C15H22ClN. The number of anilines is 1. The highest BCUT2D eigenvalue weighted by atomic mass is 35.5. The van der Waals surface area contributed by atoms with Crippen LogP contribution in [0.4, 0.5) is 5.69 Å². The number of aryl methyl sites for hydroxylation is 1. The highest BCUT2D eigenvalue weighted by Crippen LogP contribution is 2.29. The monoisotopic (exact) mass is 251 g/mol. The molecule has 1 nitrogen and oxygen atoms in total. The molecule has 1 aliphatic heterocycles. The van der Waals surface area contributed by atoms with Gasteiger partial charge in [0.25, 0.3) is 0 Å². The summed E-state index contributed by atoms with van der Waals surface area (Å²) in [6, 6.07) is 6.60. The van der Waals surface area contributed by atoms with E-state index in [2.05, 4.69) is 43.9 Å². The summed E-state index contributed by atoms with van der Waals surface area (Å²) < 4.78 is 0. The predicted octanol–water partition coefficient (Wildman–Crippen LogP) is 4.22. The number of alkyl halides is 1. The Hall–Kier alpha value is -0.690. The van der Waals surface area contributed by atoms with Crippen LogP contribution in [0.2, 0.25) is 0 Å². The molecule has 17 heavy (non-hydrogen) atoms. The minimum Gasteiger partial charge on any atom is -0.371 e. The van der Waals surface area contributed by atoms with Crippen LogP contribution in [0.15, 0.2) is 18.2 Å². The first kappa shape index (κ1) is 12.8. The van der Waals surface area contributed by atoms with Crippen molar-refractivity contribution in [2.45, 2.75) is 33.1 Å². The van der Waals surface area contributed by atoms with Gasteiger partial charge < -0.3 is 4.90 Å². The summed E-state index contributed by atoms with van der Waals surface area (Å²) in [6.45, 7) is 9.27. The lowest BCUT2D eigenvalue weighted by molar-refractivity contribution is 0.356. The molecule has 1 aromatic rings. The smallest absolute Gasteiger partial charge is 0.0474 e. The normalized spacial score (nSPS) is 25.1. The lowest BCUT2D eigenvalue weighted by Crippen LogP contribution is -2.39. The summed E-state index contributed by atoms with van der Waals surface area (Å²) >= 11 is 5.87. The fourth-order valence-electron chi connectivity index (χ4n) is 3.02. The summed E-state index contributed by atoms with van der Waals surface area (Å²) in [6.07, 6.45) is 1.36. The molecule has 94 valence electrons. The molecule has 2 heteroatoms. The molecule has 1 aromatic carbocycles. The SMILES string of the molecule is Cc1cc(CCl)ccc1N1CC(C)CC(C)C1. The molecule has 0 N–H and O–H groups in total. The van der Waals surface area contributed by atoms with Crippen LogP contribution in [-0.2, 0) is 5.88 Å². The number of piperidine rings is 1. The van der Waals surface area contributed by atoms with Crippen LogP contribution < -0.4 is 4.90 Å². The van der Waals surface area contributed by atoms with Crippen LogP contribution in [0.1, 0.15) is 31.4 Å². The summed E-state index contributed by atoms with van der Waals surface area (Å²) in [5.41, 5.74) is 3.95. The topological polar surface area (TPSA) is 3.24 Å². The minimum absolute atomic E-state index is 0.605. The molecule has 0 spiro atoms. The van der Waals surface area contributed by atoms with Gasteiger partial charge in [-0.05, 0) is 42.4 Å². The second-order valence-corrected chi connectivity index (χ2v) is 5.87. The van der Waals surface area contributed by atoms with Gasteiger partial charge >= 0.3 is 0 Å². The first-order chi connectivity index (χ1) is 8.10. The van der Waals surface area contributed by atoms with Gasteiger partial charge in [-0.25, -0.2) is 0 Å². The number of halogens is 1. The highest BCUT2D eigenvalue weighted by molar-refractivity contribution is 6.17. The van der Waals surface area contributed by atoms with Gasteiger partial charge in [-0.2, -0.15) is 0 Å². The van der Waals surface area contributed by atoms with Crippen molar-refractivity contribution in [1.82, 2.24) is 0 Å². The first-order valence-electron chi connectivity index (χ1n) is 6.50. The fourth-order valence-corrected chi connectivity index (χ4v) is 3.18. The van der Waals surface area contributed by atoms with E-state index in [1.807, 2.05) is 0 Å². The molecule has 0 bridgehead atoms. The maximum atomic E-state index is 5.87. The third-order valence-corrected chi connectivity index (χ3v) is 3.93. The minimum atomic E-state index is 0.605. The Bertz CT molecular complexity index is 379. The molecule has 0 saturated carbocycles. The maximum Gasteiger partial charge on any atom is 0.0474 e. The van der Waals surface area contributed by atoms with Gasteiger partial charge in [0.15, 0.2) is 0 Å². The van der Waals surface area contributed by atoms with E-state index < -0.39 is 0 Å². The van der Waals surface area contributed by atoms with Gasteiger partial charge in [0.2, 0.25) is 0 Å². The van der Waals surface area contributed by atoms with Crippen LogP contribution in [0.5, 0.6) is 0 Å². The van der Waals surface area contributed by atoms with Crippen molar-refractivity contribution in [2.75, 3.05) is 18.0 Å². The van der Waals surface area contributed by atoms with E-state index in [1.54, 1.807) is 0 Å². The highest BCUT2D eigenvalue weighted by Gasteiger charge is 2.22. The van der Waals surface area contributed by atoms with Gasteiger partial charge in [-0.15, -0.1) is 11.6 Å². The quantitative estimate of drug-likeness (QED) is 0.712. The number of rotatable bonds is 2. The average Bonchev–Trinajstić information content (AvgIpc) is 2.27. The molecule has 0 aliphatic carbocycles. The standard InChI is InChI=1S/C15H22ClN/c1-11-6-12(2)10-17(9-11)15-5-4-14(8-16)7-13(15)3/h4-5,7,11-12H,6,8-10H2,1-3H3. The molecule has 2 atom stereocenters. The second kappa shape index (κ2) is 5.30. The number of nitrogens with zero attached hydrogens (tertiary/aromatic N) is 1. The van der Waals surface area contributed by atoms with Gasteiger partial charge in [0.05, 0.1) is 0 Å². The van der Waals surface area contributed by atoms with Crippen molar-refractivity contribution in [3.8, 4) is 0 Å². The summed E-state index contributed by atoms with van der Waals surface area (Å²) in [7, 11) is 0. The molecule has 0 aromatic heterocycles. The van der Waals surface area contributed by atoms with Gasteiger partial charge in [0, 0.05) is 24.7 Å². The van der Waals surface area contributed by atoms with E-state index in [0.717, 1.165) is 11.8 Å². The maximum absolute atomic E-state index is 5.87. The van der Waals surface area contributed by atoms with E-state index in [4.69, 9.17) is 11.6 Å². The molecule has 2 unspecified atom stereocenters. The van der Waals surface area contributed by atoms with E-state index in [-0.39, 0.29) is 0 Å². The second-order valence-electron chi connectivity index (χ2n) is 5.61. The van der Waals surface area contributed by atoms with Gasteiger partial charge in [0.1, 0.15) is 0 Å². The van der Waals surface area contributed by atoms with Crippen molar-refractivity contribution in [1.29, 1.82) is 0 Å². The molecule has 2 rings (SSSR count). The van der Waals surface area contributed by atoms with Crippen LogP contribution in [0.3, 0.4) is 0 Å². The predicted molar refractivity (Wildman–Crippen MR) is 75.9 cm³/mol. The van der Waals surface area contributed by atoms with E-state index >= 15 is 0 Å². The number of hydrogen-bond acceptors (Lipinski definition) is 1. The van der Waals surface area contributed by atoms with Crippen molar-refractivity contribution in [2.24, 2.45) is 11.8 Å². The van der Waals surface area contributed by atoms with Crippen molar-refractivity contribution < 1.29 is 0 Å². The van der Waals surface area contributed by atoms with Crippen molar-refractivity contribution in [3.05, 3.63) is 29.3 Å². The Balaban J connectivity index is 2.21. The summed E-state index contributed by atoms with van der Waals surface area (Å²) in [5, 5.41) is 0. The molecular weight excluding hydrogens is 230 g/mol. The Kier molecular flexibility index (Phi) is 3.98. The Morgan fingerprint density at radius 1 is 1.24 bits per heavy atom.